The quantitative estimate of drug-likeness (QED) is 0.193. The third kappa shape index (κ3) is 6.31. The van der Waals surface area contributed by atoms with E-state index in [1.165, 1.54) is 0 Å². The molecule has 0 saturated carbocycles. The predicted molar refractivity (Wildman–Crippen MR) is 128 cm³/mol. The Bertz CT molecular complexity index is 1010. The zero-order valence-corrected chi connectivity index (χ0v) is 19.0. The lowest BCUT2D eigenvalue weighted by molar-refractivity contribution is 0.420. The van der Waals surface area contributed by atoms with Crippen LogP contribution in [-0.4, -0.2) is 36.5 Å². The van der Waals surface area contributed by atoms with Crippen molar-refractivity contribution >= 4 is 5.84 Å². The van der Waals surface area contributed by atoms with Crippen LogP contribution < -0.4 is 5.84 Å². The number of rotatable bonds is 11. The normalized spacial score (nSPS) is 11.5. The van der Waals surface area contributed by atoms with Gasteiger partial charge in [-0.1, -0.05) is 63.6 Å². The van der Waals surface area contributed by atoms with E-state index in [1.54, 1.807) is 5.01 Å². The first-order valence-corrected chi connectivity index (χ1v) is 11.2. The van der Waals surface area contributed by atoms with Crippen molar-refractivity contribution < 1.29 is 0 Å². The molecule has 0 aliphatic rings. The Morgan fingerprint density at radius 2 is 1.81 bits per heavy atom. The van der Waals surface area contributed by atoms with Gasteiger partial charge in [-0.3, -0.25) is 9.99 Å². The molecule has 0 unspecified atom stereocenters. The second kappa shape index (κ2) is 11.9. The highest BCUT2D eigenvalue weighted by molar-refractivity contribution is 5.82. The Kier molecular flexibility index (Phi) is 8.62. The number of aliphatic imine (C=N–C) groups is 1. The summed E-state index contributed by atoms with van der Waals surface area (Å²) < 4.78 is 0. The molecule has 3 aromatic rings. The number of nitrogens with one attached hydrogen (secondary N) is 1. The van der Waals surface area contributed by atoms with Crippen molar-refractivity contribution in [3.8, 4) is 22.6 Å². The zero-order chi connectivity index (χ0) is 22.8. The summed E-state index contributed by atoms with van der Waals surface area (Å²) in [4.78, 5) is 9.40. The molecule has 0 fully saturated rings. The van der Waals surface area contributed by atoms with E-state index in [1.807, 2.05) is 42.6 Å². The van der Waals surface area contributed by atoms with Crippen molar-refractivity contribution in [2.24, 2.45) is 10.8 Å². The van der Waals surface area contributed by atoms with Crippen LogP contribution in [0.1, 0.15) is 57.9 Å². The minimum absolute atomic E-state index is 0.531. The van der Waals surface area contributed by atoms with Crippen molar-refractivity contribution in [1.82, 2.24) is 30.6 Å². The van der Waals surface area contributed by atoms with Crippen molar-refractivity contribution in [3.63, 3.8) is 0 Å². The first-order valence-electron chi connectivity index (χ1n) is 11.2. The number of tetrazole rings is 1. The Hall–Kier alpha value is -3.39. The van der Waals surface area contributed by atoms with Crippen LogP contribution in [0.3, 0.4) is 0 Å². The molecule has 8 heteroatoms. The summed E-state index contributed by atoms with van der Waals surface area (Å²) in [6.45, 7) is 8.97. The van der Waals surface area contributed by atoms with Crippen LogP contribution >= 0.6 is 0 Å². The third-order valence-corrected chi connectivity index (χ3v) is 5.16. The lowest BCUT2D eigenvalue weighted by Crippen LogP contribution is -2.37. The topological polar surface area (TPSA) is 109 Å². The Labute approximate surface area is 189 Å². The van der Waals surface area contributed by atoms with Gasteiger partial charge in [-0.25, -0.2) is 10.8 Å². The summed E-state index contributed by atoms with van der Waals surface area (Å²) in [5.74, 6) is 7.83. The number of pyridine rings is 1. The second-order valence-corrected chi connectivity index (χ2v) is 7.76. The van der Waals surface area contributed by atoms with Gasteiger partial charge in [0.15, 0.2) is 0 Å². The molecule has 0 aliphatic carbocycles. The lowest BCUT2D eigenvalue weighted by atomic mass is 10.0. The molecule has 32 heavy (non-hydrogen) atoms. The molecule has 2 heterocycles. The van der Waals surface area contributed by atoms with E-state index in [2.05, 4.69) is 46.0 Å². The Morgan fingerprint density at radius 1 is 1.06 bits per heavy atom. The maximum absolute atomic E-state index is 6.41. The van der Waals surface area contributed by atoms with Crippen molar-refractivity contribution in [3.05, 3.63) is 60.4 Å². The van der Waals surface area contributed by atoms with Gasteiger partial charge in [0.1, 0.15) is 5.84 Å². The second-order valence-electron chi connectivity index (χ2n) is 7.76. The van der Waals surface area contributed by atoms with Gasteiger partial charge in [0.25, 0.3) is 0 Å². The van der Waals surface area contributed by atoms with Crippen molar-refractivity contribution in [2.45, 2.75) is 58.9 Å². The Balaban J connectivity index is 1.74. The molecular formula is C24H32N8. The highest BCUT2D eigenvalue weighted by atomic mass is 15.5. The molecule has 8 nitrogen and oxygen atoms in total. The van der Waals surface area contributed by atoms with Gasteiger partial charge in [-0.05, 0) is 36.1 Å². The molecule has 0 aliphatic heterocycles. The first-order chi connectivity index (χ1) is 15.6. The minimum atomic E-state index is 0.531. The fraction of sp³-hybridized carbons (Fsp3) is 0.375. The number of hydrazine groups is 1. The van der Waals surface area contributed by atoms with E-state index in [0.29, 0.717) is 12.4 Å². The number of unbranched alkanes of at least 4 members (excludes halogenated alkanes) is 2. The summed E-state index contributed by atoms with van der Waals surface area (Å²) in [6.07, 6.45) is 7.93. The van der Waals surface area contributed by atoms with Gasteiger partial charge < -0.3 is 0 Å². The van der Waals surface area contributed by atoms with E-state index in [-0.39, 0.29) is 0 Å². The maximum Gasteiger partial charge on any atom is 0.205 e. The minimum Gasteiger partial charge on any atom is -0.294 e. The van der Waals surface area contributed by atoms with Crippen LogP contribution in [0.15, 0.2) is 59.9 Å². The number of hydrogen-bond donors (Lipinski definition) is 2. The molecule has 3 rings (SSSR count). The number of allylic oxidation sites excluding steroid dienone is 1. The number of nitrogens with zero attached hydrogens (tertiary/aromatic N) is 6. The molecule has 0 amide bonds. The highest BCUT2D eigenvalue weighted by Crippen LogP contribution is 2.28. The largest absolute Gasteiger partial charge is 0.294 e. The van der Waals surface area contributed by atoms with Crippen LogP contribution in [0.2, 0.25) is 0 Å². The van der Waals surface area contributed by atoms with Crippen LogP contribution in [0.25, 0.3) is 22.6 Å². The molecule has 3 N–H and O–H groups in total. The SMILES string of the molecule is C=C(CCCC)N=C(CCCC)N(N)Cc1ccc(-c2ccccc2-c2nn[nH]n2)nc1. The van der Waals surface area contributed by atoms with Crippen molar-refractivity contribution in [2.75, 3.05) is 0 Å². The van der Waals surface area contributed by atoms with Gasteiger partial charge in [-0.2, -0.15) is 5.21 Å². The average molecular weight is 433 g/mol. The summed E-state index contributed by atoms with van der Waals surface area (Å²) in [5.41, 5.74) is 4.56. The third-order valence-electron chi connectivity index (χ3n) is 5.16. The van der Waals surface area contributed by atoms with Gasteiger partial charge in [0.05, 0.1) is 12.2 Å². The highest BCUT2D eigenvalue weighted by Gasteiger charge is 2.13. The smallest absolute Gasteiger partial charge is 0.205 e. The van der Waals surface area contributed by atoms with Gasteiger partial charge in [0.2, 0.25) is 5.82 Å². The van der Waals surface area contributed by atoms with Crippen molar-refractivity contribution in [1.29, 1.82) is 0 Å². The fourth-order valence-electron chi connectivity index (χ4n) is 3.36. The van der Waals surface area contributed by atoms with E-state index >= 15 is 0 Å². The molecule has 2 aromatic heterocycles. The number of aromatic amines is 1. The van der Waals surface area contributed by atoms with E-state index in [4.69, 9.17) is 10.8 Å². The predicted octanol–water partition coefficient (Wildman–Crippen LogP) is 4.90. The molecule has 0 saturated heterocycles. The number of H-pyrrole nitrogens is 1. The van der Waals surface area contributed by atoms with Crippen LogP contribution in [0.5, 0.6) is 0 Å². The molecular weight excluding hydrogens is 400 g/mol. The number of amidine groups is 1. The molecule has 0 bridgehead atoms. The van der Waals surface area contributed by atoms with Gasteiger partial charge in [0, 0.05) is 29.4 Å². The molecule has 0 spiro atoms. The van der Waals surface area contributed by atoms with E-state index < -0.39 is 0 Å². The zero-order valence-electron chi connectivity index (χ0n) is 19.0. The number of aromatic nitrogens is 5. The summed E-state index contributed by atoms with van der Waals surface area (Å²) >= 11 is 0. The average Bonchev–Trinajstić information content (AvgIpc) is 3.36. The van der Waals surface area contributed by atoms with Gasteiger partial charge in [-0.15, -0.1) is 10.2 Å². The van der Waals surface area contributed by atoms with Crippen LogP contribution in [0.4, 0.5) is 0 Å². The van der Waals surface area contributed by atoms with E-state index in [0.717, 1.165) is 72.4 Å². The van der Waals surface area contributed by atoms with E-state index in [9.17, 15) is 0 Å². The number of nitrogens with two attached hydrogens (primary N) is 1. The summed E-state index contributed by atoms with van der Waals surface area (Å²) in [7, 11) is 0. The molecule has 168 valence electrons. The fourth-order valence-corrected chi connectivity index (χ4v) is 3.36. The monoisotopic (exact) mass is 432 g/mol. The van der Waals surface area contributed by atoms with Gasteiger partial charge >= 0.3 is 0 Å². The van der Waals surface area contributed by atoms with Crippen LogP contribution in [0, 0.1) is 0 Å². The number of hydrogen-bond acceptors (Lipinski definition) is 6. The molecule has 0 atom stereocenters. The maximum atomic E-state index is 6.41. The standard InChI is InChI=1S/C24H32N8/c1-4-6-10-18(3)27-23(13-7-5-2)32(25)17-19-14-15-22(26-16-19)20-11-8-9-12-21(20)24-28-30-31-29-24/h8-9,11-12,14-16H,3-7,10,13,17,25H2,1-2H3,(H,28,29,30,31). The lowest BCUT2D eigenvalue weighted by Gasteiger charge is -2.21. The summed E-state index contributed by atoms with van der Waals surface area (Å²) in [6, 6.07) is 11.9. The first kappa shape index (κ1) is 23.3. The van der Waals surface area contributed by atoms with Crippen LogP contribution in [-0.2, 0) is 6.54 Å². The summed E-state index contributed by atoms with van der Waals surface area (Å²) in [5, 5.41) is 16.1. The molecule has 0 radical (unpaired) electrons. The number of benzene rings is 1. The molecule has 1 aromatic carbocycles. The Morgan fingerprint density at radius 3 is 2.47 bits per heavy atom.